The molecule has 3 aromatic rings. The summed E-state index contributed by atoms with van der Waals surface area (Å²) in [6, 6.07) is 9.78. The summed E-state index contributed by atoms with van der Waals surface area (Å²) in [4.78, 5) is 17.4. The number of nitrogens with zero attached hydrogens (tertiary/aromatic N) is 3. The van der Waals surface area contributed by atoms with Crippen LogP contribution in [0.2, 0.25) is 0 Å². The van der Waals surface area contributed by atoms with Gasteiger partial charge in [-0.1, -0.05) is 18.2 Å². The number of aromatic nitrogens is 2. The van der Waals surface area contributed by atoms with Gasteiger partial charge in [0.05, 0.1) is 24.3 Å². The number of anilines is 1. The third kappa shape index (κ3) is 3.84. The largest absolute Gasteiger partial charge is 0.507 e. The zero-order valence-electron chi connectivity index (χ0n) is 17.6. The highest BCUT2D eigenvalue weighted by Crippen LogP contribution is 2.32. The topological polar surface area (TPSA) is 93.7 Å². The Bertz CT molecular complexity index is 1120. The molecule has 1 amide bonds. The summed E-state index contributed by atoms with van der Waals surface area (Å²) in [5.74, 6) is 0.478. The van der Waals surface area contributed by atoms with E-state index < -0.39 is 0 Å². The van der Waals surface area contributed by atoms with Crippen molar-refractivity contribution in [2.45, 2.75) is 26.6 Å². The van der Waals surface area contributed by atoms with Crippen LogP contribution in [-0.4, -0.2) is 63.9 Å². The van der Waals surface area contributed by atoms with Crippen molar-refractivity contribution in [3.8, 4) is 5.75 Å². The Morgan fingerprint density at radius 3 is 2.81 bits per heavy atom. The molecule has 3 N–H and O–H groups in total. The molecule has 5 rings (SSSR count). The second-order valence-electron chi connectivity index (χ2n) is 8.17. The van der Waals surface area contributed by atoms with Crippen LogP contribution in [0.3, 0.4) is 0 Å². The predicted octanol–water partition coefficient (Wildman–Crippen LogP) is 2.69. The lowest BCUT2D eigenvalue weighted by Crippen LogP contribution is -2.35. The van der Waals surface area contributed by atoms with Gasteiger partial charge in [-0.25, -0.2) is 0 Å². The molecular weight excluding hydrogens is 394 g/mol. The van der Waals surface area contributed by atoms with Crippen LogP contribution < -0.4 is 5.32 Å². The fraction of sp³-hybridized carbons (Fsp3) is 0.391. The number of morpholine rings is 1. The molecule has 0 aliphatic carbocycles. The minimum atomic E-state index is -0.172. The van der Waals surface area contributed by atoms with Gasteiger partial charge in [-0.2, -0.15) is 5.10 Å². The third-order valence-electron chi connectivity index (χ3n) is 6.04. The molecular formula is C23H27N5O3. The predicted molar refractivity (Wildman–Crippen MR) is 118 cm³/mol. The number of phenols is 1. The Balaban J connectivity index is 1.35. The zero-order valence-corrected chi connectivity index (χ0v) is 17.6. The highest BCUT2D eigenvalue weighted by Gasteiger charge is 2.27. The van der Waals surface area contributed by atoms with Crippen LogP contribution in [0.25, 0.3) is 10.9 Å². The van der Waals surface area contributed by atoms with Crippen LogP contribution >= 0.6 is 0 Å². The van der Waals surface area contributed by atoms with Crippen LogP contribution in [0.4, 0.5) is 5.82 Å². The molecule has 2 aliphatic rings. The fourth-order valence-corrected chi connectivity index (χ4v) is 4.40. The van der Waals surface area contributed by atoms with E-state index in [4.69, 9.17) is 4.74 Å². The standard InChI is InChI=1S/C23H27N5O3/c1-2-24-22-18-10-19(21(29)11-20(18)25-26-22)23(30)28-13-16-4-3-15(9-17(16)14-28)12-27-5-7-31-8-6-27/h3-4,9-11,29H,2,5-8,12-14H2,1H3,(H2,24,25,26). The number of rotatable bonds is 5. The highest BCUT2D eigenvalue weighted by molar-refractivity contribution is 6.03. The SMILES string of the molecule is CCNc1n[nH]c2cc(O)c(C(=O)N3Cc4ccc(CN5CCOCC5)cc4C3)cc12. The van der Waals surface area contributed by atoms with E-state index >= 15 is 0 Å². The smallest absolute Gasteiger partial charge is 0.258 e. The molecule has 2 aliphatic heterocycles. The number of H-pyrrole nitrogens is 1. The maximum absolute atomic E-state index is 13.3. The average Bonchev–Trinajstić information content (AvgIpc) is 3.37. The number of amides is 1. The maximum Gasteiger partial charge on any atom is 0.258 e. The summed E-state index contributed by atoms with van der Waals surface area (Å²) in [5, 5.41) is 21.6. The molecule has 0 radical (unpaired) electrons. The normalized spacial score (nSPS) is 16.6. The zero-order chi connectivity index (χ0) is 21.4. The molecule has 0 atom stereocenters. The summed E-state index contributed by atoms with van der Waals surface area (Å²) in [6.45, 7) is 8.18. The molecule has 0 bridgehead atoms. The van der Waals surface area contributed by atoms with Crippen LogP contribution in [-0.2, 0) is 24.4 Å². The number of carbonyl (C=O) groups excluding carboxylic acids is 1. The molecule has 0 unspecified atom stereocenters. The molecule has 1 fully saturated rings. The number of fused-ring (bicyclic) bond motifs is 2. The van der Waals surface area contributed by atoms with Gasteiger partial charge < -0.3 is 20.1 Å². The summed E-state index contributed by atoms with van der Waals surface area (Å²) < 4.78 is 5.43. The molecule has 1 saturated heterocycles. The number of aromatic hydroxyl groups is 1. The van der Waals surface area contributed by atoms with Gasteiger partial charge in [-0.3, -0.25) is 14.8 Å². The average molecular weight is 422 g/mol. The minimum absolute atomic E-state index is 0.0341. The second kappa shape index (κ2) is 8.20. The molecule has 8 nitrogen and oxygen atoms in total. The van der Waals surface area contributed by atoms with E-state index in [0.29, 0.717) is 30.0 Å². The Hall–Kier alpha value is -3.10. The first kappa shape index (κ1) is 19.8. The van der Waals surface area contributed by atoms with Gasteiger partial charge in [0.1, 0.15) is 5.75 Å². The lowest BCUT2D eigenvalue weighted by atomic mass is 10.1. The first-order valence-electron chi connectivity index (χ1n) is 10.8. The summed E-state index contributed by atoms with van der Waals surface area (Å²) in [6.07, 6.45) is 0. The number of hydrogen-bond acceptors (Lipinski definition) is 6. The number of carbonyl (C=O) groups is 1. The molecule has 0 spiro atoms. The number of phenolic OH excluding ortho intramolecular Hbond substituents is 1. The van der Waals surface area contributed by atoms with Crippen LogP contribution in [0.5, 0.6) is 5.75 Å². The summed E-state index contributed by atoms with van der Waals surface area (Å²) >= 11 is 0. The van der Waals surface area contributed by atoms with E-state index in [9.17, 15) is 9.90 Å². The van der Waals surface area contributed by atoms with Crippen LogP contribution in [0, 0.1) is 0 Å². The number of hydrogen-bond donors (Lipinski definition) is 3. The third-order valence-corrected chi connectivity index (χ3v) is 6.04. The van der Waals surface area contributed by atoms with E-state index in [1.807, 2.05) is 6.92 Å². The summed E-state index contributed by atoms with van der Waals surface area (Å²) in [7, 11) is 0. The van der Waals surface area contributed by atoms with E-state index in [-0.39, 0.29) is 11.7 Å². The van der Waals surface area contributed by atoms with E-state index in [1.165, 1.54) is 11.1 Å². The molecule has 8 heteroatoms. The first-order chi connectivity index (χ1) is 15.1. The van der Waals surface area contributed by atoms with Gasteiger partial charge in [0.2, 0.25) is 0 Å². The second-order valence-corrected chi connectivity index (χ2v) is 8.17. The quantitative estimate of drug-likeness (QED) is 0.587. The molecule has 0 saturated carbocycles. The van der Waals surface area contributed by atoms with Gasteiger partial charge in [0.15, 0.2) is 5.82 Å². The highest BCUT2D eigenvalue weighted by atomic mass is 16.5. The van der Waals surface area contributed by atoms with Gasteiger partial charge in [0.25, 0.3) is 5.91 Å². The maximum atomic E-state index is 13.3. The first-order valence-corrected chi connectivity index (χ1v) is 10.8. The van der Waals surface area contributed by atoms with Crippen molar-refractivity contribution in [1.82, 2.24) is 20.0 Å². The Labute approximate surface area is 180 Å². The van der Waals surface area contributed by atoms with Crippen molar-refractivity contribution in [3.05, 3.63) is 52.6 Å². The van der Waals surface area contributed by atoms with Crippen molar-refractivity contribution >= 4 is 22.6 Å². The van der Waals surface area contributed by atoms with Gasteiger partial charge in [0, 0.05) is 50.7 Å². The molecule has 2 aromatic carbocycles. The number of nitrogens with one attached hydrogen (secondary N) is 2. The summed E-state index contributed by atoms with van der Waals surface area (Å²) in [5.41, 5.74) is 4.59. The number of benzene rings is 2. The number of aromatic amines is 1. The lowest BCUT2D eigenvalue weighted by molar-refractivity contribution is 0.0342. The Kier molecular flexibility index (Phi) is 5.25. The monoisotopic (exact) mass is 421 g/mol. The van der Waals surface area contributed by atoms with Gasteiger partial charge in [-0.05, 0) is 29.7 Å². The fourth-order valence-electron chi connectivity index (χ4n) is 4.40. The van der Waals surface area contributed by atoms with E-state index in [2.05, 4.69) is 38.6 Å². The number of ether oxygens (including phenoxy) is 1. The van der Waals surface area contributed by atoms with Crippen molar-refractivity contribution in [1.29, 1.82) is 0 Å². The molecule has 3 heterocycles. The Morgan fingerprint density at radius 2 is 2.00 bits per heavy atom. The molecule has 162 valence electrons. The van der Waals surface area contributed by atoms with Crippen molar-refractivity contribution in [2.75, 3.05) is 38.2 Å². The van der Waals surface area contributed by atoms with Crippen molar-refractivity contribution in [2.24, 2.45) is 0 Å². The minimum Gasteiger partial charge on any atom is -0.507 e. The Morgan fingerprint density at radius 1 is 1.19 bits per heavy atom. The lowest BCUT2D eigenvalue weighted by Gasteiger charge is -2.26. The van der Waals surface area contributed by atoms with E-state index in [0.717, 1.165) is 50.3 Å². The van der Waals surface area contributed by atoms with Crippen LogP contribution in [0.1, 0.15) is 34.0 Å². The van der Waals surface area contributed by atoms with Crippen LogP contribution in [0.15, 0.2) is 30.3 Å². The molecule has 31 heavy (non-hydrogen) atoms. The van der Waals surface area contributed by atoms with E-state index in [1.54, 1.807) is 17.0 Å². The van der Waals surface area contributed by atoms with Gasteiger partial charge in [-0.15, -0.1) is 0 Å². The van der Waals surface area contributed by atoms with Crippen molar-refractivity contribution < 1.29 is 14.6 Å². The van der Waals surface area contributed by atoms with Crippen molar-refractivity contribution in [3.63, 3.8) is 0 Å². The molecule has 1 aromatic heterocycles. The van der Waals surface area contributed by atoms with Gasteiger partial charge >= 0.3 is 0 Å².